The van der Waals surface area contributed by atoms with E-state index in [4.69, 9.17) is 5.73 Å². The highest BCUT2D eigenvalue weighted by Gasteiger charge is 2.16. The Hall–Kier alpha value is -4.50. The van der Waals surface area contributed by atoms with Gasteiger partial charge in [-0.3, -0.25) is 0 Å². The van der Waals surface area contributed by atoms with Gasteiger partial charge in [0.1, 0.15) is 0 Å². The van der Waals surface area contributed by atoms with Gasteiger partial charge in [0, 0.05) is 51.8 Å². The van der Waals surface area contributed by atoms with Crippen molar-refractivity contribution in [2.45, 2.75) is 59.3 Å². The second-order valence-corrected chi connectivity index (χ2v) is 15.6. The summed E-state index contributed by atoms with van der Waals surface area (Å²) < 4.78 is 0. The lowest BCUT2D eigenvalue weighted by Crippen LogP contribution is -2.41. The molecule has 6 aromatic rings. The van der Waals surface area contributed by atoms with E-state index in [1.165, 1.54) is 26.5 Å². The van der Waals surface area contributed by atoms with E-state index in [-0.39, 0.29) is 18.1 Å². The molecule has 6 rings (SSSR count). The topological polar surface area (TPSA) is 90.5 Å². The van der Waals surface area contributed by atoms with Crippen LogP contribution in [0, 0.1) is 5.92 Å². The molecule has 5 nitrogen and oxygen atoms in total. The van der Waals surface area contributed by atoms with Crippen molar-refractivity contribution in [2.75, 3.05) is 23.7 Å². The van der Waals surface area contributed by atoms with Gasteiger partial charge in [-0.2, -0.15) is 0 Å². The lowest BCUT2D eigenvalue weighted by atomic mass is 9.96. The van der Waals surface area contributed by atoms with E-state index in [0.717, 1.165) is 34.9 Å². The van der Waals surface area contributed by atoms with Crippen molar-refractivity contribution in [3.8, 4) is 0 Å². The van der Waals surface area contributed by atoms with Crippen molar-refractivity contribution < 1.29 is 10.2 Å². The van der Waals surface area contributed by atoms with Gasteiger partial charge in [0.05, 0.1) is 12.2 Å². The Labute approximate surface area is 330 Å². The van der Waals surface area contributed by atoms with Crippen molar-refractivity contribution in [3.05, 3.63) is 192 Å². The average Bonchev–Trinajstić information content (AvgIpc) is 3.23. The molecule has 280 valence electrons. The quantitative estimate of drug-likeness (QED) is 0.0558. The second kappa shape index (κ2) is 22.7. The molecular weight excluding hydrogens is 703 g/mol. The smallest absolute Gasteiger partial charge is 0.0866 e. The maximum absolute atomic E-state index is 10.4. The molecule has 0 saturated heterocycles. The van der Waals surface area contributed by atoms with Gasteiger partial charge in [0.25, 0.3) is 0 Å². The highest BCUT2D eigenvalue weighted by molar-refractivity contribution is 7.98. The van der Waals surface area contributed by atoms with Gasteiger partial charge in [-0.1, -0.05) is 128 Å². The van der Waals surface area contributed by atoms with Gasteiger partial charge in [0.2, 0.25) is 0 Å². The summed E-state index contributed by atoms with van der Waals surface area (Å²) in [4.78, 5) is 2.48. The fourth-order valence-electron chi connectivity index (χ4n) is 5.76. The number of thioether (sulfide) groups is 2. The Balaban J connectivity index is 0.000000208. The van der Waals surface area contributed by atoms with Crippen LogP contribution in [-0.2, 0) is 24.3 Å². The Kier molecular flexibility index (Phi) is 17.1. The SMILES string of the molecule is C[C@@H](Cc1ccccc1)[C@H](O)CNc1ccc(SCc2ccccc2)cc1.N[C@@H](Cc1ccccc1)[C@H](O)CNc1ccc(SCc2ccccc2)cc1. The molecule has 0 bridgehead atoms. The van der Waals surface area contributed by atoms with Crippen LogP contribution in [0.25, 0.3) is 0 Å². The number of hydrogen-bond donors (Lipinski definition) is 5. The summed E-state index contributed by atoms with van der Waals surface area (Å²) in [5.74, 6) is 2.14. The first-order valence-corrected chi connectivity index (χ1v) is 20.6. The largest absolute Gasteiger partial charge is 0.391 e. The second-order valence-electron chi connectivity index (χ2n) is 13.5. The predicted molar refractivity (Wildman–Crippen MR) is 231 cm³/mol. The third-order valence-corrected chi connectivity index (χ3v) is 11.3. The third-order valence-electron chi connectivity index (χ3n) is 9.10. The Morgan fingerprint density at radius 1 is 0.463 bits per heavy atom. The molecule has 0 amide bonds. The number of nitrogens with one attached hydrogen (secondary N) is 2. The summed E-state index contributed by atoms with van der Waals surface area (Å²) in [6, 6.07) is 57.8. The maximum Gasteiger partial charge on any atom is 0.0866 e. The minimum absolute atomic E-state index is 0.209. The molecule has 0 spiro atoms. The average molecular weight is 756 g/mol. The molecule has 54 heavy (non-hydrogen) atoms. The zero-order valence-electron chi connectivity index (χ0n) is 31.0. The van der Waals surface area contributed by atoms with Crippen molar-refractivity contribution in [2.24, 2.45) is 11.7 Å². The standard InChI is InChI=1S/C24H27NOS.C23H26N2OS/c1-19(16-20-8-4-2-5-9-20)24(26)17-25-22-12-14-23(15-13-22)27-18-21-10-6-3-7-11-21;24-22(15-18-7-3-1-4-8-18)23(26)16-25-20-11-13-21(14-12-20)27-17-19-9-5-2-6-10-19/h2-15,19,24-26H,16-18H2,1H3;1-14,22-23,25-26H,15-17,24H2/t19-,24+;22-,23+/m00/s1. The van der Waals surface area contributed by atoms with Gasteiger partial charge in [-0.15, -0.1) is 23.5 Å². The van der Waals surface area contributed by atoms with Gasteiger partial charge in [-0.05, 0) is 89.5 Å². The lowest BCUT2D eigenvalue weighted by molar-refractivity contribution is 0.129. The molecular formula is C47H53N3O2S2. The number of rotatable bonds is 18. The van der Waals surface area contributed by atoms with E-state index in [9.17, 15) is 10.2 Å². The van der Waals surface area contributed by atoms with Crippen LogP contribution in [0.3, 0.4) is 0 Å². The van der Waals surface area contributed by atoms with Crippen molar-refractivity contribution >= 4 is 34.9 Å². The molecule has 6 aromatic carbocycles. The van der Waals surface area contributed by atoms with Crippen molar-refractivity contribution in [1.29, 1.82) is 0 Å². The fraction of sp³-hybridized carbons (Fsp3) is 0.234. The minimum atomic E-state index is -0.600. The van der Waals surface area contributed by atoms with Crippen molar-refractivity contribution in [1.82, 2.24) is 0 Å². The summed E-state index contributed by atoms with van der Waals surface area (Å²) >= 11 is 3.65. The van der Waals surface area contributed by atoms with Crippen LogP contribution in [0.15, 0.2) is 180 Å². The summed E-state index contributed by atoms with van der Waals surface area (Å²) in [7, 11) is 0. The first kappa shape index (κ1) is 40.7. The summed E-state index contributed by atoms with van der Waals surface area (Å²) in [6.45, 7) is 3.09. The van der Waals surface area contributed by atoms with Gasteiger partial charge in [-0.25, -0.2) is 0 Å². The highest BCUT2D eigenvalue weighted by Crippen LogP contribution is 2.25. The molecule has 6 N–H and O–H groups in total. The first-order valence-electron chi connectivity index (χ1n) is 18.6. The van der Waals surface area contributed by atoms with Crippen LogP contribution in [-0.4, -0.2) is 41.6 Å². The molecule has 0 saturated carbocycles. The number of aliphatic hydroxyl groups is 2. The van der Waals surface area contributed by atoms with Crippen LogP contribution < -0.4 is 16.4 Å². The molecule has 0 fully saturated rings. The van der Waals surface area contributed by atoms with Crippen LogP contribution in [0.5, 0.6) is 0 Å². The van der Waals surface area contributed by atoms with Crippen LogP contribution >= 0.6 is 23.5 Å². The fourth-order valence-corrected chi connectivity index (χ4v) is 7.47. The Morgan fingerprint density at radius 2 is 0.815 bits per heavy atom. The maximum atomic E-state index is 10.4. The molecule has 4 atom stereocenters. The van der Waals surface area contributed by atoms with E-state index in [2.05, 4.69) is 115 Å². The van der Waals surface area contributed by atoms with E-state index < -0.39 is 6.10 Å². The highest BCUT2D eigenvalue weighted by atomic mass is 32.2. The van der Waals surface area contributed by atoms with E-state index in [1.54, 1.807) is 0 Å². The Bertz CT molecular complexity index is 1720. The zero-order valence-corrected chi connectivity index (χ0v) is 32.6. The molecule has 0 radical (unpaired) electrons. The summed E-state index contributed by atoms with van der Waals surface area (Å²) in [6.07, 6.45) is 0.576. The molecule has 0 aliphatic heterocycles. The molecule has 0 unspecified atom stereocenters. The number of nitrogens with two attached hydrogens (primary N) is 1. The monoisotopic (exact) mass is 755 g/mol. The molecule has 0 aliphatic rings. The van der Waals surface area contributed by atoms with Crippen LogP contribution in [0.2, 0.25) is 0 Å². The normalized spacial score (nSPS) is 13.1. The molecule has 0 heterocycles. The number of hydrogen-bond acceptors (Lipinski definition) is 7. The van der Waals surface area contributed by atoms with Crippen molar-refractivity contribution in [3.63, 3.8) is 0 Å². The molecule has 0 aliphatic carbocycles. The van der Waals surface area contributed by atoms with Gasteiger partial charge < -0.3 is 26.6 Å². The predicted octanol–water partition coefficient (Wildman–Crippen LogP) is 9.95. The first-order chi connectivity index (χ1) is 26.4. The zero-order chi connectivity index (χ0) is 37.8. The third kappa shape index (κ3) is 14.7. The van der Waals surface area contributed by atoms with Crippen LogP contribution in [0.4, 0.5) is 11.4 Å². The Morgan fingerprint density at radius 3 is 1.22 bits per heavy atom. The molecule has 7 heteroatoms. The molecule has 0 aromatic heterocycles. The van der Waals surface area contributed by atoms with Gasteiger partial charge >= 0.3 is 0 Å². The number of benzene rings is 6. The lowest BCUT2D eigenvalue weighted by Gasteiger charge is -2.20. The summed E-state index contributed by atoms with van der Waals surface area (Å²) in [5, 5.41) is 27.4. The summed E-state index contributed by atoms with van der Waals surface area (Å²) in [5.41, 5.74) is 13.2. The number of aliphatic hydroxyl groups excluding tert-OH is 2. The number of anilines is 2. The van der Waals surface area contributed by atoms with Gasteiger partial charge in [0.15, 0.2) is 0 Å². The minimum Gasteiger partial charge on any atom is -0.391 e. The van der Waals surface area contributed by atoms with E-state index >= 15 is 0 Å². The van der Waals surface area contributed by atoms with E-state index in [1.807, 2.05) is 96.3 Å². The van der Waals surface area contributed by atoms with Crippen LogP contribution in [0.1, 0.15) is 29.2 Å². The van der Waals surface area contributed by atoms with E-state index in [0.29, 0.717) is 19.5 Å².